The molecule has 5 heteroatoms. The van der Waals surface area contributed by atoms with E-state index in [2.05, 4.69) is 15.9 Å². The lowest BCUT2D eigenvalue weighted by molar-refractivity contribution is -0.387. The van der Waals surface area contributed by atoms with Crippen molar-refractivity contribution in [3.63, 3.8) is 0 Å². The van der Waals surface area contributed by atoms with E-state index in [1.165, 1.54) is 12.1 Å². The Bertz CT molecular complexity index is 344. The summed E-state index contributed by atoms with van der Waals surface area (Å²) in [6.45, 7) is 0. The molecule has 0 spiro atoms. The van der Waals surface area contributed by atoms with E-state index in [9.17, 15) is 14.5 Å². The Kier molecular flexibility index (Phi) is 4.00. The number of nitro benzene ring substituents is 1. The van der Waals surface area contributed by atoms with Gasteiger partial charge in [0.15, 0.2) is 0 Å². The molecule has 0 aliphatic rings. The zero-order chi connectivity index (χ0) is 10.6. The highest BCUT2D eigenvalue weighted by atomic mass is 79.9. The number of halogens is 2. The van der Waals surface area contributed by atoms with Gasteiger partial charge in [-0.15, -0.1) is 0 Å². The van der Waals surface area contributed by atoms with E-state index < -0.39 is 16.4 Å². The molecule has 0 atom stereocenters. The Hall–Kier alpha value is -0.970. The molecule has 14 heavy (non-hydrogen) atoms. The summed E-state index contributed by atoms with van der Waals surface area (Å²) in [7, 11) is 0. The van der Waals surface area contributed by atoms with Crippen molar-refractivity contribution in [1.82, 2.24) is 0 Å². The van der Waals surface area contributed by atoms with Crippen molar-refractivity contribution in [3.8, 4) is 0 Å². The topological polar surface area (TPSA) is 43.1 Å². The second kappa shape index (κ2) is 5.05. The van der Waals surface area contributed by atoms with Crippen LogP contribution in [-0.2, 0) is 6.42 Å². The molecule has 1 rings (SSSR count). The summed E-state index contributed by atoms with van der Waals surface area (Å²) in [5.41, 5.74) is 0.320. The van der Waals surface area contributed by atoms with Crippen LogP contribution in [0.15, 0.2) is 18.2 Å². The lowest BCUT2D eigenvalue weighted by atomic mass is 10.1. The molecular formula is C9H9BrFNO2. The van der Waals surface area contributed by atoms with E-state index in [-0.39, 0.29) is 0 Å². The van der Waals surface area contributed by atoms with Crippen LogP contribution in [0.1, 0.15) is 12.0 Å². The van der Waals surface area contributed by atoms with Gasteiger partial charge in [0.1, 0.15) is 0 Å². The maximum Gasteiger partial charge on any atom is 0.304 e. The maximum absolute atomic E-state index is 13.1. The second-order valence-electron chi connectivity index (χ2n) is 2.84. The predicted octanol–water partition coefficient (Wildman–Crippen LogP) is 3.06. The van der Waals surface area contributed by atoms with Crippen molar-refractivity contribution in [1.29, 1.82) is 0 Å². The Labute approximate surface area is 89.2 Å². The third-order valence-electron chi connectivity index (χ3n) is 1.81. The number of nitro groups is 1. The van der Waals surface area contributed by atoms with Gasteiger partial charge in [-0.1, -0.05) is 22.0 Å². The molecule has 0 saturated heterocycles. The zero-order valence-electron chi connectivity index (χ0n) is 7.37. The van der Waals surface area contributed by atoms with Gasteiger partial charge in [0.2, 0.25) is 5.82 Å². The molecule has 1 aromatic carbocycles. The first kappa shape index (κ1) is 11.1. The van der Waals surface area contributed by atoms with Gasteiger partial charge < -0.3 is 0 Å². The average Bonchev–Trinajstić information content (AvgIpc) is 2.14. The van der Waals surface area contributed by atoms with Crippen LogP contribution in [0.25, 0.3) is 0 Å². The summed E-state index contributed by atoms with van der Waals surface area (Å²) in [6, 6.07) is 4.02. The maximum atomic E-state index is 13.1. The molecule has 0 radical (unpaired) electrons. The minimum Gasteiger partial charge on any atom is -0.258 e. The minimum absolute atomic E-state index is 0.465. The first-order valence-electron chi connectivity index (χ1n) is 4.14. The van der Waals surface area contributed by atoms with Crippen molar-refractivity contribution >= 4 is 21.6 Å². The first-order valence-corrected chi connectivity index (χ1v) is 5.26. The number of hydrogen-bond acceptors (Lipinski definition) is 2. The van der Waals surface area contributed by atoms with Crippen molar-refractivity contribution < 1.29 is 9.31 Å². The quantitative estimate of drug-likeness (QED) is 0.475. The van der Waals surface area contributed by atoms with Crippen molar-refractivity contribution in [2.45, 2.75) is 12.8 Å². The van der Waals surface area contributed by atoms with Crippen LogP contribution in [0.4, 0.5) is 10.1 Å². The van der Waals surface area contributed by atoms with Crippen LogP contribution in [0.2, 0.25) is 0 Å². The highest BCUT2D eigenvalue weighted by Gasteiger charge is 2.13. The van der Waals surface area contributed by atoms with Crippen molar-refractivity contribution in [3.05, 3.63) is 39.7 Å². The molecule has 0 fully saturated rings. The fourth-order valence-electron chi connectivity index (χ4n) is 1.12. The lowest BCUT2D eigenvalue weighted by Crippen LogP contribution is -1.94. The van der Waals surface area contributed by atoms with E-state index in [0.717, 1.165) is 23.7 Å². The SMILES string of the molecule is O=[N+]([O-])c1ccc(CCCBr)cc1F. The van der Waals surface area contributed by atoms with E-state index >= 15 is 0 Å². The van der Waals surface area contributed by atoms with Gasteiger partial charge in [0.25, 0.3) is 0 Å². The summed E-state index contributed by atoms with van der Waals surface area (Å²) in [5.74, 6) is -0.762. The van der Waals surface area contributed by atoms with Crippen LogP contribution in [0.3, 0.4) is 0 Å². The molecule has 0 unspecified atom stereocenters. The van der Waals surface area contributed by atoms with E-state index in [0.29, 0.717) is 0 Å². The number of aryl methyl sites for hydroxylation is 1. The van der Waals surface area contributed by atoms with E-state index in [4.69, 9.17) is 0 Å². The summed E-state index contributed by atoms with van der Waals surface area (Å²) in [6.07, 6.45) is 1.61. The fourth-order valence-corrected chi connectivity index (χ4v) is 1.41. The molecule has 0 heterocycles. The van der Waals surface area contributed by atoms with E-state index in [1.807, 2.05) is 0 Å². The molecule has 3 nitrogen and oxygen atoms in total. The normalized spacial score (nSPS) is 10.1. The monoisotopic (exact) mass is 261 g/mol. The Morgan fingerprint density at radius 3 is 2.71 bits per heavy atom. The van der Waals surface area contributed by atoms with Crippen LogP contribution >= 0.6 is 15.9 Å². The molecule has 0 aliphatic carbocycles. The molecule has 0 N–H and O–H groups in total. The number of alkyl halides is 1. The Balaban J connectivity index is 2.83. The van der Waals surface area contributed by atoms with Crippen LogP contribution in [0, 0.1) is 15.9 Å². The van der Waals surface area contributed by atoms with Gasteiger partial charge in [-0.05, 0) is 24.5 Å². The molecular weight excluding hydrogens is 253 g/mol. The van der Waals surface area contributed by atoms with Crippen molar-refractivity contribution in [2.24, 2.45) is 0 Å². The number of benzene rings is 1. The molecule has 0 saturated carbocycles. The smallest absolute Gasteiger partial charge is 0.258 e. The van der Waals surface area contributed by atoms with Crippen LogP contribution in [0.5, 0.6) is 0 Å². The van der Waals surface area contributed by atoms with Gasteiger partial charge in [-0.3, -0.25) is 10.1 Å². The summed E-state index contributed by atoms with van der Waals surface area (Å²) >= 11 is 3.26. The molecule has 0 amide bonds. The zero-order valence-corrected chi connectivity index (χ0v) is 8.96. The number of hydrogen-bond donors (Lipinski definition) is 0. The standard InChI is InChI=1S/C9H9BrFNO2/c10-5-1-2-7-3-4-9(12(13)14)8(11)6-7/h3-4,6H,1-2,5H2. The van der Waals surface area contributed by atoms with Gasteiger partial charge in [0.05, 0.1) is 4.92 Å². The summed E-state index contributed by atoms with van der Waals surface area (Å²) in [5, 5.41) is 11.1. The highest BCUT2D eigenvalue weighted by molar-refractivity contribution is 9.09. The van der Waals surface area contributed by atoms with Gasteiger partial charge in [0, 0.05) is 11.4 Å². The lowest BCUT2D eigenvalue weighted by Gasteiger charge is -1.99. The van der Waals surface area contributed by atoms with Crippen molar-refractivity contribution in [2.75, 3.05) is 5.33 Å². The third kappa shape index (κ3) is 2.77. The highest BCUT2D eigenvalue weighted by Crippen LogP contribution is 2.18. The van der Waals surface area contributed by atoms with Gasteiger partial charge in [-0.25, -0.2) is 0 Å². The average molecular weight is 262 g/mol. The van der Waals surface area contributed by atoms with Crippen LogP contribution < -0.4 is 0 Å². The van der Waals surface area contributed by atoms with E-state index in [1.54, 1.807) is 6.07 Å². The van der Waals surface area contributed by atoms with Crippen LogP contribution in [-0.4, -0.2) is 10.3 Å². The predicted molar refractivity (Wildman–Crippen MR) is 55.2 cm³/mol. The Morgan fingerprint density at radius 2 is 2.21 bits per heavy atom. The molecule has 0 aliphatic heterocycles. The molecule has 0 aromatic heterocycles. The number of nitrogens with zero attached hydrogens (tertiary/aromatic N) is 1. The third-order valence-corrected chi connectivity index (χ3v) is 2.37. The summed E-state index contributed by atoms with van der Waals surface area (Å²) in [4.78, 5) is 9.59. The number of rotatable bonds is 4. The fraction of sp³-hybridized carbons (Fsp3) is 0.333. The molecule has 0 bridgehead atoms. The Morgan fingerprint density at radius 1 is 1.50 bits per heavy atom. The minimum atomic E-state index is -0.762. The first-order chi connectivity index (χ1) is 6.65. The molecule has 1 aromatic rings. The molecule has 76 valence electrons. The summed E-state index contributed by atoms with van der Waals surface area (Å²) < 4.78 is 13.1. The largest absolute Gasteiger partial charge is 0.304 e. The second-order valence-corrected chi connectivity index (χ2v) is 3.63. The van der Waals surface area contributed by atoms with Gasteiger partial charge >= 0.3 is 5.69 Å². The van der Waals surface area contributed by atoms with Gasteiger partial charge in [-0.2, -0.15) is 4.39 Å².